The van der Waals surface area contributed by atoms with Crippen molar-refractivity contribution in [3.63, 3.8) is 0 Å². The van der Waals surface area contributed by atoms with Crippen LogP contribution in [0.4, 0.5) is 0 Å². The first kappa shape index (κ1) is 9.96. The van der Waals surface area contributed by atoms with Crippen LogP contribution < -0.4 is 0 Å². The van der Waals surface area contributed by atoms with Gasteiger partial charge in [0.1, 0.15) is 0 Å². The van der Waals surface area contributed by atoms with Gasteiger partial charge in [-0.2, -0.15) is 0 Å². The molecule has 0 amide bonds. The van der Waals surface area contributed by atoms with E-state index in [4.69, 9.17) is 4.74 Å². The molecule has 0 bridgehead atoms. The number of ether oxygens (including phenoxy) is 1. The van der Waals surface area contributed by atoms with Crippen molar-refractivity contribution in [2.24, 2.45) is 11.8 Å². The summed E-state index contributed by atoms with van der Waals surface area (Å²) in [6.07, 6.45) is 1.06. The van der Waals surface area contributed by atoms with Crippen molar-refractivity contribution in [2.75, 3.05) is 6.61 Å². The standard InChI is InChI=1S/C9H19O/c1-8(2)5-6-10-7-9(3)4/h6,8-9H,5,7H2,1-4H3. The van der Waals surface area contributed by atoms with Gasteiger partial charge in [-0.3, -0.25) is 0 Å². The van der Waals surface area contributed by atoms with Crippen LogP contribution >= 0.6 is 0 Å². The van der Waals surface area contributed by atoms with Crippen LogP contribution in [0.25, 0.3) is 0 Å². The molecule has 0 saturated carbocycles. The van der Waals surface area contributed by atoms with Crippen molar-refractivity contribution < 1.29 is 4.74 Å². The molecule has 0 atom stereocenters. The van der Waals surface area contributed by atoms with Crippen molar-refractivity contribution in [3.8, 4) is 0 Å². The highest BCUT2D eigenvalue weighted by molar-refractivity contribution is 4.55. The maximum Gasteiger partial charge on any atom is 0.0839 e. The van der Waals surface area contributed by atoms with Crippen LogP contribution in [-0.2, 0) is 4.74 Å². The van der Waals surface area contributed by atoms with Gasteiger partial charge in [0.25, 0.3) is 0 Å². The van der Waals surface area contributed by atoms with Crippen LogP contribution in [0.3, 0.4) is 0 Å². The van der Waals surface area contributed by atoms with Gasteiger partial charge in [-0.05, 0) is 18.3 Å². The fourth-order valence-electron chi connectivity index (χ4n) is 0.521. The molecular weight excluding hydrogens is 124 g/mol. The first-order chi connectivity index (χ1) is 4.63. The van der Waals surface area contributed by atoms with E-state index >= 15 is 0 Å². The van der Waals surface area contributed by atoms with Gasteiger partial charge in [0.05, 0.1) is 6.61 Å². The van der Waals surface area contributed by atoms with Crippen LogP contribution in [0.1, 0.15) is 34.1 Å². The second-order valence-electron chi connectivity index (χ2n) is 3.52. The second-order valence-corrected chi connectivity index (χ2v) is 3.52. The van der Waals surface area contributed by atoms with E-state index < -0.39 is 0 Å². The first-order valence-electron chi connectivity index (χ1n) is 4.06. The van der Waals surface area contributed by atoms with Crippen molar-refractivity contribution in [1.29, 1.82) is 0 Å². The topological polar surface area (TPSA) is 9.23 Å². The van der Waals surface area contributed by atoms with Crippen LogP contribution in [0.15, 0.2) is 0 Å². The van der Waals surface area contributed by atoms with Crippen molar-refractivity contribution in [2.45, 2.75) is 34.1 Å². The quantitative estimate of drug-likeness (QED) is 0.538. The van der Waals surface area contributed by atoms with Crippen molar-refractivity contribution >= 4 is 0 Å². The molecule has 0 aromatic heterocycles. The summed E-state index contributed by atoms with van der Waals surface area (Å²) in [5.74, 6) is 1.36. The molecule has 10 heavy (non-hydrogen) atoms. The predicted molar refractivity (Wildman–Crippen MR) is 44.5 cm³/mol. The summed E-state index contributed by atoms with van der Waals surface area (Å²) < 4.78 is 5.28. The Morgan fingerprint density at radius 3 is 2.10 bits per heavy atom. The van der Waals surface area contributed by atoms with Crippen molar-refractivity contribution in [3.05, 3.63) is 6.61 Å². The predicted octanol–water partition coefficient (Wildman–Crippen LogP) is 2.87. The Bertz CT molecular complexity index is 57.1. The van der Waals surface area contributed by atoms with Crippen LogP contribution in [-0.4, -0.2) is 6.61 Å². The Kier molecular flexibility index (Phi) is 5.70. The molecule has 61 valence electrons. The van der Waals surface area contributed by atoms with Gasteiger partial charge in [0.2, 0.25) is 0 Å². The van der Waals surface area contributed by atoms with Gasteiger partial charge in [-0.15, -0.1) is 0 Å². The molecule has 0 aliphatic rings. The molecule has 0 aliphatic carbocycles. The summed E-state index contributed by atoms with van der Waals surface area (Å²) in [5.41, 5.74) is 0. The zero-order chi connectivity index (χ0) is 7.98. The highest BCUT2D eigenvalue weighted by Gasteiger charge is 1.96. The Balaban J connectivity index is 2.91. The summed E-state index contributed by atoms with van der Waals surface area (Å²) in [6.45, 7) is 11.5. The molecule has 0 heterocycles. The molecule has 0 aromatic carbocycles. The summed E-state index contributed by atoms with van der Waals surface area (Å²) >= 11 is 0. The fraction of sp³-hybridized carbons (Fsp3) is 0.889. The molecule has 0 aliphatic heterocycles. The van der Waals surface area contributed by atoms with Gasteiger partial charge >= 0.3 is 0 Å². The number of rotatable bonds is 5. The average Bonchev–Trinajstić information content (AvgIpc) is 1.79. The smallest absolute Gasteiger partial charge is 0.0839 e. The lowest BCUT2D eigenvalue weighted by Crippen LogP contribution is -2.00. The zero-order valence-electron chi connectivity index (χ0n) is 7.55. The minimum absolute atomic E-state index is 0.642. The fourth-order valence-corrected chi connectivity index (χ4v) is 0.521. The van der Waals surface area contributed by atoms with E-state index in [1.54, 1.807) is 0 Å². The van der Waals surface area contributed by atoms with Crippen LogP contribution in [0.2, 0.25) is 0 Å². The third kappa shape index (κ3) is 7.96. The van der Waals surface area contributed by atoms with Gasteiger partial charge < -0.3 is 4.74 Å². The SMILES string of the molecule is CC(C)C[CH]OCC(C)C. The molecule has 0 fully saturated rings. The van der Waals surface area contributed by atoms with E-state index in [0.29, 0.717) is 11.8 Å². The first-order valence-corrected chi connectivity index (χ1v) is 4.06. The Labute approximate surface area is 64.8 Å². The van der Waals surface area contributed by atoms with E-state index in [1.807, 2.05) is 6.61 Å². The zero-order valence-corrected chi connectivity index (χ0v) is 7.55. The van der Waals surface area contributed by atoms with E-state index in [0.717, 1.165) is 13.0 Å². The molecule has 0 rings (SSSR count). The maximum atomic E-state index is 5.28. The average molecular weight is 143 g/mol. The lowest BCUT2D eigenvalue weighted by atomic mass is 10.1. The lowest BCUT2D eigenvalue weighted by molar-refractivity contribution is 0.156. The molecule has 1 nitrogen and oxygen atoms in total. The molecule has 1 heteroatoms. The minimum atomic E-state index is 0.642. The summed E-state index contributed by atoms with van der Waals surface area (Å²) in [7, 11) is 0. The number of hydrogen-bond donors (Lipinski definition) is 0. The molecule has 0 spiro atoms. The monoisotopic (exact) mass is 143 g/mol. The number of hydrogen-bond acceptors (Lipinski definition) is 1. The van der Waals surface area contributed by atoms with Crippen LogP contribution in [0.5, 0.6) is 0 Å². The summed E-state index contributed by atoms with van der Waals surface area (Å²) in [4.78, 5) is 0. The Morgan fingerprint density at radius 2 is 1.70 bits per heavy atom. The van der Waals surface area contributed by atoms with Gasteiger partial charge in [0, 0.05) is 6.61 Å². The normalized spacial score (nSPS) is 11.4. The lowest BCUT2D eigenvalue weighted by Gasteiger charge is -2.06. The van der Waals surface area contributed by atoms with E-state index in [-0.39, 0.29) is 0 Å². The largest absolute Gasteiger partial charge is 0.375 e. The van der Waals surface area contributed by atoms with Crippen molar-refractivity contribution in [1.82, 2.24) is 0 Å². The molecule has 0 aromatic rings. The van der Waals surface area contributed by atoms with Gasteiger partial charge in [-0.25, -0.2) is 0 Å². The van der Waals surface area contributed by atoms with Crippen LogP contribution in [0, 0.1) is 18.4 Å². The van der Waals surface area contributed by atoms with E-state index in [1.165, 1.54) is 0 Å². The summed E-state index contributed by atoms with van der Waals surface area (Å²) in [6, 6.07) is 0. The second kappa shape index (κ2) is 5.72. The van der Waals surface area contributed by atoms with Gasteiger partial charge in [-0.1, -0.05) is 27.7 Å². The van der Waals surface area contributed by atoms with E-state index in [2.05, 4.69) is 27.7 Å². The highest BCUT2D eigenvalue weighted by Crippen LogP contribution is 2.04. The highest BCUT2D eigenvalue weighted by atomic mass is 16.5. The third-order valence-electron chi connectivity index (χ3n) is 1.12. The summed E-state index contributed by atoms with van der Waals surface area (Å²) in [5, 5.41) is 0. The van der Waals surface area contributed by atoms with Gasteiger partial charge in [0.15, 0.2) is 0 Å². The molecule has 0 unspecified atom stereocenters. The molecule has 0 N–H and O–H groups in total. The molecule has 0 saturated heterocycles. The Morgan fingerprint density at radius 1 is 1.10 bits per heavy atom. The third-order valence-corrected chi connectivity index (χ3v) is 1.12. The molecular formula is C9H19O. The molecule has 1 radical (unpaired) electrons. The van der Waals surface area contributed by atoms with E-state index in [9.17, 15) is 0 Å². The minimum Gasteiger partial charge on any atom is -0.375 e. The Hall–Kier alpha value is -0.0400. The maximum absolute atomic E-state index is 5.28.